The lowest BCUT2D eigenvalue weighted by Crippen LogP contribution is -2.11. The van der Waals surface area contributed by atoms with E-state index in [9.17, 15) is 24.8 Å². The normalized spacial score (nSPS) is 9.65. The number of rotatable bonds is 5. The Labute approximate surface area is 111 Å². The van der Waals surface area contributed by atoms with Crippen LogP contribution in [0.4, 0.5) is 5.69 Å². The molecule has 9 heteroatoms. The molecule has 0 saturated heterocycles. The summed E-state index contributed by atoms with van der Waals surface area (Å²) in [5, 5.41) is 37.7. The fourth-order valence-corrected chi connectivity index (χ4v) is 1.38. The maximum atomic E-state index is 10.8. The Bertz CT molecular complexity index is 603. The van der Waals surface area contributed by atoms with Gasteiger partial charge in [0.25, 0.3) is 5.69 Å². The molecule has 0 saturated carbocycles. The zero-order valence-electron chi connectivity index (χ0n) is 10.1. The van der Waals surface area contributed by atoms with Gasteiger partial charge in [-0.2, -0.15) is 0 Å². The van der Waals surface area contributed by atoms with Crippen molar-refractivity contribution in [1.29, 1.82) is 0 Å². The molecule has 9 nitrogen and oxygen atoms in total. The van der Waals surface area contributed by atoms with E-state index in [1.807, 2.05) is 0 Å². The van der Waals surface area contributed by atoms with Crippen LogP contribution in [0.25, 0.3) is 6.08 Å². The second-order valence-corrected chi connectivity index (χ2v) is 3.51. The molecule has 0 aliphatic heterocycles. The first-order chi connectivity index (χ1) is 9.27. The first-order valence-corrected chi connectivity index (χ1v) is 5.01. The highest BCUT2D eigenvalue weighted by Gasteiger charge is 2.22. The van der Waals surface area contributed by atoms with Gasteiger partial charge in [0.05, 0.1) is 23.7 Å². The van der Waals surface area contributed by atoms with Gasteiger partial charge in [0.15, 0.2) is 11.5 Å². The maximum Gasteiger partial charge on any atom is 0.343 e. The minimum absolute atomic E-state index is 0.156. The third kappa shape index (κ3) is 3.02. The number of ether oxygens (including phenoxy) is 1. The van der Waals surface area contributed by atoms with Gasteiger partial charge in [-0.15, -0.1) is 0 Å². The summed E-state index contributed by atoms with van der Waals surface area (Å²) in [5.74, 6) is -4.18. The summed E-state index contributed by atoms with van der Waals surface area (Å²) in [6, 6.07) is 1.71. The highest BCUT2D eigenvalue weighted by Crippen LogP contribution is 2.34. The van der Waals surface area contributed by atoms with Gasteiger partial charge in [-0.3, -0.25) is 10.1 Å². The highest BCUT2D eigenvalue weighted by atomic mass is 16.6. The predicted molar refractivity (Wildman–Crippen MR) is 64.6 cm³/mol. The van der Waals surface area contributed by atoms with E-state index >= 15 is 0 Å². The summed E-state index contributed by atoms with van der Waals surface area (Å²) in [7, 11) is 1.18. The minimum atomic E-state index is -1.75. The number of carbonyl (C=O) groups is 2. The van der Waals surface area contributed by atoms with Crippen molar-refractivity contribution in [3.8, 4) is 11.5 Å². The van der Waals surface area contributed by atoms with Crippen molar-refractivity contribution in [2.45, 2.75) is 0 Å². The van der Waals surface area contributed by atoms with Crippen LogP contribution in [0.3, 0.4) is 0 Å². The van der Waals surface area contributed by atoms with Crippen molar-refractivity contribution in [3.05, 3.63) is 33.4 Å². The summed E-state index contributed by atoms with van der Waals surface area (Å²) in [6.45, 7) is 0. The molecule has 0 fully saturated rings. The highest BCUT2D eigenvalue weighted by molar-refractivity contribution is 6.16. The first-order valence-electron chi connectivity index (χ1n) is 5.01. The fourth-order valence-electron chi connectivity index (χ4n) is 1.38. The summed E-state index contributed by atoms with van der Waals surface area (Å²) in [4.78, 5) is 31.4. The third-order valence-corrected chi connectivity index (χ3v) is 2.29. The number of nitro groups is 1. The van der Waals surface area contributed by atoms with Crippen molar-refractivity contribution in [2.75, 3.05) is 7.11 Å². The minimum Gasteiger partial charge on any atom is -0.504 e. The molecule has 3 N–H and O–H groups in total. The number of hydrogen-bond donors (Lipinski definition) is 3. The standard InChI is InChI=1S/C11H9NO8/c1-20-9-3-5(2-6(10(14)15)11(16)17)7(12(18)19)4-8(9)13/h2-4,13H,1H3,(H,14,15)(H,16,17). The molecule has 1 rings (SSSR count). The van der Waals surface area contributed by atoms with E-state index < -0.39 is 33.9 Å². The van der Waals surface area contributed by atoms with Gasteiger partial charge < -0.3 is 20.1 Å². The van der Waals surface area contributed by atoms with E-state index in [-0.39, 0.29) is 11.3 Å². The maximum absolute atomic E-state index is 10.8. The summed E-state index contributed by atoms with van der Waals surface area (Å²) in [5.41, 5.74) is -2.02. The molecule has 1 aromatic rings. The van der Waals surface area contributed by atoms with Gasteiger partial charge in [0, 0.05) is 0 Å². The van der Waals surface area contributed by atoms with E-state index in [0.717, 1.165) is 12.1 Å². The number of nitrogens with zero attached hydrogens (tertiary/aromatic N) is 1. The molecule has 0 bridgehead atoms. The zero-order valence-corrected chi connectivity index (χ0v) is 10.1. The molecule has 0 atom stereocenters. The Balaban J connectivity index is 3.56. The largest absolute Gasteiger partial charge is 0.504 e. The van der Waals surface area contributed by atoms with E-state index in [2.05, 4.69) is 0 Å². The Morgan fingerprint density at radius 2 is 1.85 bits per heavy atom. The SMILES string of the molecule is COc1cc(C=C(C(=O)O)C(=O)O)c([N+](=O)[O-])cc1O. The number of aliphatic carboxylic acids is 2. The number of hydrogen-bond acceptors (Lipinski definition) is 6. The molecule has 0 aromatic heterocycles. The van der Waals surface area contributed by atoms with Gasteiger partial charge in [-0.05, 0) is 12.1 Å². The molecular weight excluding hydrogens is 274 g/mol. The number of aromatic hydroxyl groups is 1. The van der Waals surface area contributed by atoms with Crippen LogP contribution in [-0.4, -0.2) is 39.3 Å². The molecule has 0 spiro atoms. The Kier molecular flexibility index (Phi) is 4.26. The van der Waals surface area contributed by atoms with Crippen LogP contribution in [0.15, 0.2) is 17.7 Å². The van der Waals surface area contributed by atoms with Gasteiger partial charge >= 0.3 is 11.9 Å². The number of phenols is 1. The summed E-state index contributed by atoms with van der Waals surface area (Å²) in [6.07, 6.45) is 0.616. The van der Waals surface area contributed by atoms with Crippen LogP contribution >= 0.6 is 0 Å². The number of carboxylic acids is 2. The van der Waals surface area contributed by atoms with Crippen molar-refractivity contribution in [3.63, 3.8) is 0 Å². The third-order valence-electron chi connectivity index (χ3n) is 2.29. The van der Waals surface area contributed by atoms with Crippen LogP contribution in [0.5, 0.6) is 11.5 Å². The van der Waals surface area contributed by atoms with Gasteiger partial charge in [-0.1, -0.05) is 0 Å². The zero-order chi connectivity index (χ0) is 15.4. The Morgan fingerprint density at radius 3 is 2.25 bits per heavy atom. The number of methoxy groups -OCH3 is 1. The predicted octanol–water partition coefficient (Wildman–Crippen LogP) is 0.862. The van der Waals surface area contributed by atoms with Crippen LogP contribution in [-0.2, 0) is 9.59 Å². The smallest absolute Gasteiger partial charge is 0.343 e. The van der Waals surface area contributed by atoms with Crippen LogP contribution < -0.4 is 4.74 Å². The Hall–Kier alpha value is -3.10. The average molecular weight is 283 g/mol. The van der Waals surface area contributed by atoms with Crippen molar-refractivity contribution < 1.29 is 34.6 Å². The molecule has 0 unspecified atom stereocenters. The van der Waals surface area contributed by atoms with Crippen molar-refractivity contribution in [1.82, 2.24) is 0 Å². The topological polar surface area (TPSA) is 147 Å². The second kappa shape index (κ2) is 5.69. The molecule has 0 heterocycles. The molecule has 0 radical (unpaired) electrons. The van der Waals surface area contributed by atoms with Gasteiger partial charge in [0.1, 0.15) is 5.57 Å². The van der Waals surface area contributed by atoms with Gasteiger partial charge in [0.2, 0.25) is 0 Å². The molecule has 0 amide bonds. The lowest BCUT2D eigenvalue weighted by atomic mass is 10.1. The number of nitro benzene ring substituents is 1. The molecule has 1 aromatic carbocycles. The van der Waals surface area contributed by atoms with E-state index in [1.165, 1.54) is 7.11 Å². The molecule has 20 heavy (non-hydrogen) atoms. The quantitative estimate of drug-likeness (QED) is 0.237. The number of benzene rings is 1. The fraction of sp³-hybridized carbons (Fsp3) is 0.0909. The van der Waals surface area contributed by atoms with Crippen molar-refractivity contribution >= 4 is 23.7 Å². The first kappa shape index (κ1) is 15.0. The van der Waals surface area contributed by atoms with Crippen LogP contribution in [0, 0.1) is 10.1 Å². The van der Waals surface area contributed by atoms with E-state index in [1.54, 1.807) is 0 Å². The monoisotopic (exact) mass is 283 g/mol. The van der Waals surface area contributed by atoms with Crippen molar-refractivity contribution in [2.24, 2.45) is 0 Å². The number of carboxylic acid groups (broad SMARTS) is 2. The van der Waals surface area contributed by atoms with E-state index in [0.29, 0.717) is 6.08 Å². The lowest BCUT2D eigenvalue weighted by molar-refractivity contribution is -0.385. The summed E-state index contributed by atoms with van der Waals surface area (Å²) >= 11 is 0. The van der Waals surface area contributed by atoms with E-state index in [4.69, 9.17) is 14.9 Å². The van der Waals surface area contributed by atoms with Crippen LogP contribution in [0.2, 0.25) is 0 Å². The Morgan fingerprint density at radius 1 is 1.30 bits per heavy atom. The average Bonchev–Trinajstić information content (AvgIpc) is 2.35. The molecule has 0 aliphatic rings. The number of phenolic OH excluding ortho intramolecular Hbond substituents is 1. The summed E-state index contributed by atoms with van der Waals surface area (Å²) < 4.78 is 4.73. The lowest BCUT2D eigenvalue weighted by Gasteiger charge is -2.05. The molecular formula is C11H9NO8. The van der Waals surface area contributed by atoms with Gasteiger partial charge in [-0.25, -0.2) is 9.59 Å². The second-order valence-electron chi connectivity index (χ2n) is 3.51. The molecule has 106 valence electrons. The van der Waals surface area contributed by atoms with Crippen LogP contribution in [0.1, 0.15) is 5.56 Å². The molecule has 0 aliphatic carbocycles.